The number of morpholine rings is 1. The molecule has 72 valence electrons. The molecule has 2 heterocycles. The third-order valence-corrected chi connectivity index (χ3v) is 2.02. The van der Waals surface area contributed by atoms with E-state index in [0.717, 1.165) is 19.6 Å². The zero-order chi connectivity index (χ0) is 9.10. The Morgan fingerprint density at radius 3 is 3.15 bits per heavy atom. The van der Waals surface area contributed by atoms with Crippen LogP contribution in [0.4, 0.5) is 0 Å². The molecule has 1 fully saturated rings. The highest BCUT2D eigenvalue weighted by atomic mass is 16.5. The van der Waals surface area contributed by atoms with Crippen LogP contribution < -0.4 is 5.32 Å². The fourth-order valence-corrected chi connectivity index (χ4v) is 1.28. The van der Waals surface area contributed by atoms with Crippen molar-refractivity contribution in [1.82, 2.24) is 15.5 Å². The molecule has 1 N–H and O–H groups in total. The number of rotatable bonds is 2. The number of aromatic nitrogens is 2. The summed E-state index contributed by atoms with van der Waals surface area (Å²) in [5, 5.41) is 7.14. The number of hydrogen-bond acceptors (Lipinski definition) is 5. The zero-order valence-electron chi connectivity index (χ0n) is 7.62. The summed E-state index contributed by atoms with van der Waals surface area (Å²) in [7, 11) is 0. The summed E-state index contributed by atoms with van der Waals surface area (Å²) in [6, 6.07) is 0.0952. The largest absolute Gasteiger partial charge is 0.378 e. The van der Waals surface area contributed by atoms with E-state index >= 15 is 0 Å². The van der Waals surface area contributed by atoms with Crippen molar-refractivity contribution in [3.05, 3.63) is 11.7 Å². The maximum absolute atomic E-state index is 5.30. The Hall–Kier alpha value is -0.940. The number of nitrogens with one attached hydrogen (secondary N) is 1. The van der Waals surface area contributed by atoms with Crippen molar-refractivity contribution >= 4 is 0 Å². The number of hydrogen-bond donors (Lipinski definition) is 1. The van der Waals surface area contributed by atoms with Gasteiger partial charge in [0.2, 0.25) is 5.89 Å². The van der Waals surface area contributed by atoms with E-state index in [1.165, 1.54) is 0 Å². The van der Waals surface area contributed by atoms with Crippen LogP contribution in [-0.2, 0) is 11.2 Å². The number of ether oxygens (including phenoxy) is 1. The average Bonchev–Trinajstić information content (AvgIpc) is 2.67. The fourth-order valence-electron chi connectivity index (χ4n) is 1.28. The van der Waals surface area contributed by atoms with E-state index in [0.29, 0.717) is 18.3 Å². The van der Waals surface area contributed by atoms with Crippen molar-refractivity contribution in [2.75, 3.05) is 19.8 Å². The summed E-state index contributed by atoms with van der Waals surface area (Å²) in [5.41, 5.74) is 0. The van der Waals surface area contributed by atoms with E-state index in [4.69, 9.17) is 9.26 Å². The summed E-state index contributed by atoms with van der Waals surface area (Å²) >= 11 is 0. The van der Waals surface area contributed by atoms with Gasteiger partial charge < -0.3 is 14.6 Å². The molecular weight excluding hydrogens is 170 g/mol. The minimum absolute atomic E-state index is 0.0952. The second-order valence-electron chi connectivity index (χ2n) is 2.98. The molecule has 13 heavy (non-hydrogen) atoms. The Kier molecular flexibility index (Phi) is 2.56. The molecule has 1 aliphatic heterocycles. The lowest BCUT2D eigenvalue weighted by Crippen LogP contribution is -2.35. The maximum Gasteiger partial charge on any atom is 0.226 e. The van der Waals surface area contributed by atoms with Gasteiger partial charge in [-0.05, 0) is 0 Å². The monoisotopic (exact) mass is 183 g/mol. The molecule has 0 spiro atoms. The number of aryl methyl sites for hydroxylation is 1. The van der Waals surface area contributed by atoms with Gasteiger partial charge >= 0.3 is 0 Å². The molecule has 1 saturated heterocycles. The predicted molar refractivity (Wildman–Crippen MR) is 45.2 cm³/mol. The smallest absolute Gasteiger partial charge is 0.226 e. The minimum atomic E-state index is 0.0952. The molecule has 0 saturated carbocycles. The van der Waals surface area contributed by atoms with Gasteiger partial charge in [0, 0.05) is 13.0 Å². The van der Waals surface area contributed by atoms with Gasteiger partial charge in [-0.15, -0.1) is 0 Å². The lowest BCUT2D eigenvalue weighted by atomic mass is 10.2. The summed E-state index contributed by atoms with van der Waals surface area (Å²) in [6.07, 6.45) is 0.778. The van der Waals surface area contributed by atoms with E-state index in [9.17, 15) is 0 Å². The maximum atomic E-state index is 5.30. The van der Waals surface area contributed by atoms with Crippen LogP contribution in [0.25, 0.3) is 0 Å². The van der Waals surface area contributed by atoms with Crippen molar-refractivity contribution in [2.45, 2.75) is 19.4 Å². The number of nitrogens with zero attached hydrogens (tertiary/aromatic N) is 2. The van der Waals surface area contributed by atoms with Gasteiger partial charge in [0.15, 0.2) is 5.82 Å². The topological polar surface area (TPSA) is 60.2 Å². The summed E-state index contributed by atoms with van der Waals surface area (Å²) in [5.74, 6) is 1.39. The molecule has 5 heteroatoms. The van der Waals surface area contributed by atoms with Gasteiger partial charge in [-0.1, -0.05) is 12.1 Å². The molecule has 0 unspecified atom stereocenters. The molecule has 1 aliphatic rings. The highest BCUT2D eigenvalue weighted by Gasteiger charge is 2.20. The van der Waals surface area contributed by atoms with Crippen LogP contribution in [0.1, 0.15) is 24.7 Å². The molecular formula is C8H13N3O2. The Balaban J connectivity index is 2.05. The predicted octanol–water partition coefficient (Wildman–Crippen LogP) is 0.293. The summed E-state index contributed by atoms with van der Waals surface area (Å²) in [6.45, 7) is 4.22. The Bertz CT molecular complexity index is 268. The normalized spacial score (nSPS) is 23.3. The van der Waals surface area contributed by atoms with Gasteiger partial charge in [0.1, 0.15) is 0 Å². The molecule has 1 atom stereocenters. The van der Waals surface area contributed by atoms with Gasteiger partial charge in [0.25, 0.3) is 0 Å². The Morgan fingerprint density at radius 1 is 1.62 bits per heavy atom. The van der Waals surface area contributed by atoms with Gasteiger partial charge in [-0.3, -0.25) is 0 Å². The second-order valence-corrected chi connectivity index (χ2v) is 2.98. The van der Waals surface area contributed by atoms with E-state index in [2.05, 4.69) is 15.5 Å². The van der Waals surface area contributed by atoms with Gasteiger partial charge in [-0.2, -0.15) is 4.98 Å². The van der Waals surface area contributed by atoms with Crippen molar-refractivity contribution in [3.63, 3.8) is 0 Å². The third kappa shape index (κ3) is 1.87. The quantitative estimate of drug-likeness (QED) is 0.714. The van der Waals surface area contributed by atoms with Crippen LogP contribution in [0.2, 0.25) is 0 Å². The van der Waals surface area contributed by atoms with E-state index in [1.54, 1.807) is 0 Å². The molecule has 2 rings (SSSR count). The first-order valence-electron chi connectivity index (χ1n) is 4.53. The first-order valence-corrected chi connectivity index (χ1v) is 4.53. The van der Waals surface area contributed by atoms with Crippen LogP contribution in [0.3, 0.4) is 0 Å². The molecule has 1 aromatic rings. The lowest BCUT2D eigenvalue weighted by molar-refractivity contribution is 0.0734. The van der Waals surface area contributed by atoms with Crippen molar-refractivity contribution in [1.29, 1.82) is 0 Å². The molecule has 0 aromatic carbocycles. The molecule has 1 aromatic heterocycles. The molecule has 0 bridgehead atoms. The van der Waals surface area contributed by atoms with Crippen LogP contribution in [0, 0.1) is 0 Å². The average molecular weight is 183 g/mol. The van der Waals surface area contributed by atoms with E-state index in [-0.39, 0.29) is 6.04 Å². The molecule has 5 nitrogen and oxygen atoms in total. The fraction of sp³-hybridized carbons (Fsp3) is 0.750. The van der Waals surface area contributed by atoms with Crippen molar-refractivity contribution < 1.29 is 9.26 Å². The van der Waals surface area contributed by atoms with Crippen LogP contribution in [0.5, 0.6) is 0 Å². The lowest BCUT2D eigenvalue weighted by Gasteiger charge is -2.20. The van der Waals surface area contributed by atoms with Gasteiger partial charge in [0.05, 0.1) is 19.3 Å². The second kappa shape index (κ2) is 3.85. The first kappa shape index (κ1) is 8.65. The van der Waals surface area contributed by atoms with E-state index < -0.39 is 0 Å². The molecule has 0 radical (unpaired) electrons. The standard InChI is InChI=1S/C8H13N3O2/c1-2-7-10-8(11-13-7)6-5-12-4-3-9-6/h6,9H,2-5H2,1H3/t6-/m1/s1. The van der Waals surface area contributed by atoms with Crippen LogP contribution in [0.15, 0.2) is 4.52 Å². The zero-order valence-corrected chi connectivity index (χ0v) is 7.62. The Labute approximate surface area is 76.5 Å². The molecule has 0 aliphatic carbocycles. The SMILES string of the molecule is CCc1nc([C@H]2COCCN2)no1. The van der Waals surface area contributed by atoms with E-state index in [1.807, 2.05) is 6.92 Å². The van der Waals surface area contributed by atoms with Crippen molar-refractivity contribution in [3.8, 4) is 0 Å². The Morgan fingerprint density at radius 2 is 2.54 bits per heavy atom. The summed E-state index contributed by atoms with van der Waals surface area (Å²) in [4.78, 5) is 4.23. The highest BCUT2D eigenvalue weighted by Crippen LogP contribution is 2.12. The first-order chi connectivity index (χ1) is 6.40. The van der Waals surface area contributed by atoms with Crippen molar-refractivity contribution in [2.24, 2.45) is 0 Å². The van der Waals surface area contributed by atoms with Crippen LogP contribution >= 0.6 is 0 Å². The highest BCUT2D eigenvalue weighted by molar-refractivity contribution is 4.95. The van der Waals surface area contributed by atoms with Crippen LogP contribution in [-0.4, -0.2) is 29.9 Å². The summed E-state index contributed by atoms with van der Waals surface area (Å²) < 4.78 is 10.3. The minimum Gasteiger partial charge on any atom is -0.378 e. The molecule has 0 amide bonds. The third-order valence-electron chi connectivity index (χ3n) is 2.02. The van der Waals surface area contributed by atoms with Gasteiger partial charge in [-0.25, -0.2) is 0 Å².